The van der Waals surface area contributed by atoms with Crippen molar-refractivity contribution >= 4 is 34.4 Å². The van der Waals surface area contributed by atoms with Gasteiger partial charge in [-0.1, -0.05) is 44.4 Å². The number of aliphatic hydroxyl groups excluding tert-OH is 2. The highest BCUT2D eigenvalue weighted by Gasteiger charge is 2.40. The summed E-state index contributed by atoms with van der Waals surface area (Å²) < 4.78 is 7.08. The Labute approximate surface area is 229 Å². The van der Waals surface area contributed by atoms with Crippen LogP contribution in [0.15, 0.2) is 48.6 Å². The molecule has 3 N–H and O–H groups in total. The molecule has 0 radical (unpaired) electrons. The Morgan fingerprint density at radius 3 is 2.69 bits per heavy atom. The predicted molar refractivity (Wildman–Crippen MR) is 151 cm³/mol. The van der Waals surface area contributed by atoms with E-state index in [2.05, 4.69) is 41.4 Å². The Balaban J connectivity index is 2.31. The third-order valence-electron chi connectivity index (χ3n) is 6.34. The number of carbonyl (C=O) groups is 2. The highest BCUT2D eigenvalue weighted by atomic mass is 127. The van der Waals surface area contributed by atoms with E-state index in [9.17, 15) is 14.7 Å². The van der Waals surface area contributed by atoms with Crippen LogP contribution in [0.3, 0.4) is 0 Å². The molecule has 200 valence electrons. The van der Waals surface area contributed by atoms with Crippen molar-refractivity contribution in [3.05, 3.63) is 52.1 Å². The lowest BCUT2D eigenvalue weighted by Crippen LogP contribution is -2.55. The maximum Gasteiger partial charge on any atom is 0.247 e. The number of unbranched alkanes of at least 4 members (excludes halogenated alkanes) is 5. The molecule has 1 aliphatic carbocycles. The minimum absolute atomic E-state index is 0.00957. The number of nitrogens with one attached hydrogen (secondary N) is 1. The molecular formula is C28H41IN2O5. The summed E-state index contributed by atoms with van der Waals surface area (Å²) in [6.45, 7) is 6.38. The van der Waals surface area contributed by atoms with Gasteiger partial charge in [0, 0.05) is 31.5 Å². The number of hydrogen-bond acceptors (Lipinski definition) is 5. The van der Waals surface area contributed by atoms with E-state index in [1.54, 1.807) is 11.0 Å². The summed E-state index contributed by atoms with van der Waals surface area (Å²) in [6, 6.07) is 6.92. The highest BCUT2D eigenvalue weighted by Crippen LogP contribution is 2.30. The second kappa shape index (κ2) is 16.8. The number of para-hydroxylation sites is 1. The number of nitrogens with zero attached hydrogens (tertiary/aromatic N) is 1. The van der Waals surface area contributed by atoms with E-state index in [0.717, 1.165) is 48.5 Å². The zero-order valence-electron chi connectivity index (χ0n) is 21.3. The first-order valence-corrected chi connectivity index (χ1v) is 14.1. The summed E-state index contributed by atoms with van der Waals surface area (Å²) in [7, 11) is 0. The number of benzene rings is 1. The van der Waals surface area contributed by atoms with Crippen molar-refractivity contribution in [1.82, 2.24) is 10.2 Å². The van der Waals surface area contributed by atoms with Crippen molar-refractivity contribution in [2.45, 2.75) is 83.0 Å². The highest BCUT2D eigenvalue weighted by molar-refractivity contribution is 14.1. The fraction of sp³-hybridized carbons (Fsp3) is 0.571. The molecule has 0 spiro atoms. The Morgan fingerprint density at radius 1 is 1.22 bits per heavy atom. The van der Waals surface area contributed by atoms with Crippen molar-refractivity contribution in [3.8, 4) is 5.75 Å². The average Bonchev–Trinajstić information content (AvgIpc) is 2.88. The molecule has 0 heterocycles. The Kier molecular flexibility index (Phi) is 14.1. The van der Waals surface area contributed by atoms with Crippen LogP contribution in [0.2, 0.25) is 0 Å². The Bertz CT molecular complexity index is 875. The van der Waals surface area contributed by atoms with Gasteiger partial charge in [0.15, 0.2) is 0 Å². The summed E-state index contributed by atoms with van der Waals surface area (Å²) in [6.07, 6.45) is 8.87. The van der Waals surface area contributed by atoms with Crippen LogP contribution in [0.5, 0.6) is 5.75 Å². The number of hydrogen-bond donors (Lipinski definition) is 3. The number of aliphatic hydroxyl groups is 2. The van der Waals surface area contributed by atoms with Gasteiger partial charge in [0.05, 0.1) is 16.2 Å². The lowest BCUT2D eigenvalue weighted by molar-refractivity contribution is -0.138. The quantitative estimate of drug-likeness (QED) is 0.147. The third-order valence-corrected chi connectivity index (χ3v) is 7.23. The Morgan fingerprint density at radius 2 is 2.00 bits per heavy atom. The van der Waals surface area contributed by atoms with E-state index in [1.807, 2.05) is 30.3 Å². The third kappa shape index (κ3) is 9.52. The zero-order chi connectivity index (χ0) is 26.3. The number of ether oxygens (including phenoxy) is 1. The van der Waals surface area contributed by atoms with Gasteiger partial charge in [0.2, 0.25) is 11.8 Å². The molecule has 0 saturated heterocycles. The maximum atomic E-state index is 13.4. The lowest BCUT2D eigenvalue weighted by Gasteiger charge is -2.40. The molecule has 3 atom stereocenters. The summed E-state index contributed by atoms with van der Waals surface area (Å²) in [4.78, 5) is 28.0. The first kappa shape index (κ1) is 30.3. The van der Waals surface area contributed by atoms with Crippen LogP contribution < -0.4 is 10.1 Å². The first-order valence-electron chi connectivity index (χ1n) is 13.0. The zero-order valence-corrected chi connectivity index (χ0v) is 23.5. The molecule has 0 bridgehead atoms. The van der Waals surface area contributed by atoms with E-state index in [1.165, 1.54) is 0 Å². The van der Waals surface area contributed by atoms with Gasteiger partial charge < -0.3 is 25.2 Å². The molecule has 0 aromatic heterocycles. The van der Waals surface area contributed by atoms with Gasteiger partial charge in [-0.3, -0.25) is 9.59 Å². The number of amides is 2. The van der Waals surface area contributed by atoms with Crippen LogP contribution >= 0.6 is 22.6 Å². The molecule has 1 aromatic rings. The number of carbonyl (C=O) groups excluding carboxylic acids is 2. The van der Waals surface area contributed by atoms with Gasteiger partial charge >= 0.3 is 0 Å². The van der Waals surface area contributed by atoms with Crippen molar-refractivity contribution in [2.75, 3.05) is 19.7 Å². The smallest absolute Gasteiger partial charge is 0.247 e. The fourth-order valence-corrected chi connectivity index (χ4v) is 4.87. The largest absolute Gasteiger partial charge is 0.482 e. The molecule has 7 nitrogen and oxygen atoms in total. The van der Waals surface area contributed by atoms with Crippen LogP contribution in [0.25, 0.3) is 0 Å². The standard InChI is InChI=1S/C28H41IN2O5/c1-3-5-7-9-15-26(33)31(17-12-8-6-4-2)23-19-21(28(35)30-16-18-32)20-25(27(23)34)36-24-14-11-10-13-22(24)29/h3,10-11,13-14,20,23,25,27,32,34H,1,4-9,12,15-19H2,2H3,(H,30,35). The van der Waals surface area contributed by atoms with E-state index >= 15 is 0 Å². The molecule has 1 aliphatic rings. The number of rotatable bonds is 16. The van der Waals surface area contributed by atoms with Gasteiger partial charge in [-0.2, -0.15) is 0 Å². The van der Waals surface area contributed by atoms with Crippen molar-refractivity contribution < 1.29 is 24.5 Å². The molecule has 0 saturated carbocycles. The second-order valence-corrected chi connectivity index (χ2v) is 10.3. The van der Waals surface area contributed by atoms with Crippen LogP contribution in [-0.2, 0) is 9.59 Å². The van der Waals surface area contributed by atoms with E-state index < -0.39 is 18.2 Å². The molecule has 2 rings (SSSR count). The van der Waals surface area contributed by atoms with E-state index in [-0.39, 0.29) is 31.4 Å². The summed E-state index contributed by atoms with van der Waals surface area (Å²) in [5, 5.41) is 23.3. The van der Waals surface area contributed by atoms with Crippen LogP contribution in [0, 0.1) is 3.57 Å². The molecule has 2 amide bonds. The predicted octanol–water partition coefficient (Wildman–Crippen LogP) is 4.36. The molecule has 8 heteroatoms. The van der Waals surface area contributed by atoms with Gasteiger partial charge in [-0.15, -0.1) is 6.58 Å². The van der Waals surface area contributed by atoms with Crippen molar-refractivity contribution in [2.24, 2.45) is 0 Å². The summed E-state index contributed by atoms with van der Waals surface area (Å²) in [5.74, 6) is 0.283. The number of allylic oxidation sites excluding steroid dienone is 1. The molecule has 0 aliphatic heterocycles. The molecule has 36 heavy (non-hydrogen) atoms. The minimum atomic E-state index is -0.987. The van der Waals surface area contributed by atoms with Crippen LogP contribution in [-0.4, -0.2) is 64.9 Å². The monoisotopic (exact) mass is 612 g/mol. The molecular weight excluding hydrogens is 571 g/mol. The maximum absolute atomic E-state index is 13.4. The van der Waals surface area contributed by atoms with Crippen LogP contribution in [0.1, 0.15) is 64.7 Å². The van der Waals surface area contributed by atoms with Gasteiger partial charge in [0.25, 0.3) is 0 Å². The first-order chi connectivity index (χ1) is 17.4. The van der Waals surface area contributed by atoms with Gasteiger partial charge in [0.1, 0.15) is 18.0 Å². The average molecular weight is 613 g/mol. The van der Waals surface area contributed by atoms with Crippen molar-refractivity contribution in [1.29, 1.82) is 0 Å². The van der Waals surface area contributed by atoms with E-state index in [0.29, 0.717) is 24.3 Å². The lowest BCUT2D eigenvalue weighted by atomic mass is 9.87. The van der Waals surface area contributed by atoms with Gasteiger partial charge in [-0.25, -0.2) is 0 Å². The normalized spacial score (nSPS) is 19.3. The molecule has 1 aromatic carbocycles. The fourth-order valence-electron chi connectivity index (χ4n) is 4.36. The van der Waals surface area contributed by atoms with E-state index in [4.69, 9.17) is 9.84 Å². The SMILES string of the molecule is C=CCCCCC(=O)N(CCCCCC)C1CC(C(=O)NCCO)=CC(Oc2ccccc2I)C1O. The molecule has 0 fully saturated rings. The second-order valence-electron chi connectivity index (χ2n) is 9.13. The summed E-state index contributed by atoms with van der Waals surface area (Å²) in [5.41, 5.74) is 0.452. The Hall–Kier alpha value is -1.91. The summed E-state index contributed by atoms with van der Waals surface area (Å²) >= 11 is 2.17. The van der Waals surface area contributed by atoms with Gasteiger partial charge in [-0.05, 0) is 66.5 Å². The number of halogens is 1. The molecule has 3 unspecified atom stereocenters. The topological polar surface area (TPSA) is 99.1 Å². The van der Waals surface area contributed by atoms with Crippen molar-refractivity contribution in [3.63, 3.8) is 0 Å². The van der Waals surface area contributed by atoms with Crippen LogP contribution in [0.4, 0.5) is 0 Å². The minimum Gasteiger partial charge on any atom is -0.482 e.